The Balaban J connectivity index is 3.12. The third-order valence-corrected chi connectivity index (χ3v) is 3.01. The molecule has 1 atom stereocenters. The van der Waals surface area contributed by atoms with Crippen molar-refractivity contribution < 1.29 is 4.79 Å². The van der Waals surface area contributed by atoms with Crippen molar-refractivity contribution in [2.45, 2.75) is 32.7 Å². The van der Waals surface area contributed by atoms with Crippen LogP contribution in [0.15, 0.2) is 18.2 Å². The van der Waals surface area contributed by atoms with Crippen LogP contribution in [0.25, 0.3) is 0 Å². The smallest absolute Gasteiger partial charge is 0.243 e. The summed E-state index contributed by atoms with van der Waals surface area (Å²) < 4.78 is 0. The lowest BCUT2D eigenvalue weighted by Crippen LogP contribution is -2.33. The Kier molecular flexibility index (Phi) is 4.29. The van der Waals surface area contributed by atoms with E-state index in [1.165, 1.54) is 10.5 Å². The van der Waals surface area contributed by atoms with Gasteiger partial charge in [0, 0.05) is 14.1 Å². The molecule has 1 unspecified atom stereocenters. The number of likely N-dealkylation sites (N-methyl/N-ethyl adjacent to an activating group) is 1. The Morgan fingerprint density at radius 2 is 1.88 bits per heavy atom. The molecule has 3 heteroatoms. The average Bonchev–Trinajstić information content (AvgIpc) is 2.27. The number of hydrogen-bond donors (Lipinski definition) is 1. The Hall–Kier alpha value is -1.35. The van der Waals surface area contributed by atoms with Gasteiger partial charge >= 0.3 is 0 Å². The van der Waals surface area contributed by atoms with Gasteiger partial charge in [-0.05, 0) is 29.5 Å². The van der Waals surface area contributed by atoms with Crippen LogP contribution in [0.5, 0.6) is 0 Å². The van der Waals surface area contributed by atoms with E-state index in [9.17, 15) is 4.79 Å². The number of hydrogen-bond acceptors (Lipinski definition) is 2. The Labute approximate surface area is 104 Å². The highest BCUT2D eigenvalue weighted by atomic mass is 16.2. The maximum Gasteiger partial charge on any atom is 0.243 e. The zero-order valence-corrected chi connectivity index (χ0v) is 11.3. The normalized spacial score (nSPS) is 12.6. The summed E-state index contributed by atoms with van der Waals surface area (Å²) in [6.45, 7) is 6.25. The number of nitrogens with zero attached hydrogens (tertiary/aromatic N) is 1. The molecule has 0 saturated heterocycles. The maximum atomic E-state index is 11.9. The van der Waals surface area contributed by atoms with Crippen LogP contribution in [0, 0.1) is 6.92 Å². The van der Waals surface area contributed by atoms with Crippen LogP contribution in [0.4, 0.5) is 0 Å². The Morgan fingerprint density at radius 1 is 1.29 bits per heavy atom. The number of benzene rings is 1. The fourth-order valence-corrected chi connectivity index (χ4v) is 1.76. The summed E-state index contributed by atoms with van der Waals surface area (Å²) in [5.74, 6) is 0.380. The van der Waals surface area contributed by atoms with Gasteiger partial charge in [0.05, 0.1) is 0 Å². The molecule has 0 bridgehead atoms. The van der Waals surface area contributed by atoms with Crippen molar-refractivity contribution in [3.8, 4) is 0 Å². The standard InChI is InChI=1S/C14H22N2O/c1-9(2)11-7-6-10(3)12(8-11)13(15)14(17)16(4)5/h6-9,13H,15H2,1-5H3. The highest BCUT2D eigenvalue weighted by Gasteiger charge is 2.19. The van der Waals surface area contributed by atoms with Crippen molar-refractivity contribution in [1.82, 2.24) is 4.90 Å². The van der Waals surface area contributed by atoms with E-state index < -0.39 is 6.04 Å². The van der Waals surface area contributed by atoms with Crippen LogP contribution in [0.3, 0.4) is 0 Å². The molecular weight excluding hydrogens is 212 g/mol. The highest BCUT2D eigenvalue weighted by molar-refractivity contribution is 5.83. The van der Waals surface area contributed by atoms with Gasteiger partial charge in [0.15, 0.2) is 0 Å². The highest BCUT2D eigenvalue weighted by Crippen LogP contribution is 2.23. The van der Waals surface area contributed by atoms with Gasteiger partial charge in [-0.1, -0.05) is 32.0 Å². The number of nitrogens with two attached hydrogens (primary N) is 1. The topological polar surface area (TPSA) is 46.3 Å². The van der Waals surface area contributed by atoms with Crippen molar-refractivity contribution >= 4 is 5.91 Å². The van der Waals surface area contributed by atoms with Crippen molar-refractivity contribution in [1.29, 1.82) is 0 Å². The van der Waals surface area contributed by atoms with Crippen molar-refractivity contribution in [2.75, 3.05) is 14.1 Å². The molecule has 2 N–H and O–H groups in total. The number of carbonyl (C=O) groups excluding carboxylic acids is 1. The third-order valence-electron chi connectivity index (χ3n) is 3.01. The lowest BCUT2D eigenvalue weighted by molar-refractivity contribution is -0.130. The number of rotatable bonds is 3. The van der Waals surface area contributed by atoms with Gasteiger partial charge in [-0.15, -0.1) is 0 Å². The first-order chi connectivity index (χ1) is 7.84. The van der Waals surface area contributed by atoms with E-state index >= 15 is 0 Å². The van der Waals surface area contributed by atoms with Crippen LogP contribution in [-0.4, -0.2) is 24.9 Å². The van der Waals surface area contributed by atoms with Gasteiger partial charge in [-0.3, -0.25) is 4.79 Å². The fraction of sp³-hybridized carbons (Fsp3) is 0.500. The molecule has 0 spiro atoms. The number of amides is 1. The molecule has 1 aromatic rings. The Bertz CT molecular complexity index is 411. The lowest BCUT2D eigenvalue weighted by Gasteiger charge is -2.20. The fourth-order valence-electron chi connectivity index (χ4n) is 1.76. The minimum atomic E-state index is -0.566. The van der Waals surface area contributed by atoms with Crippen LogP contribution >= 0.6 is 0 Å². The molecule has 0 aliphatic heterocycles. The van der Waals surface area contributed by atoms with E-state index in [0.29, 0.717) is 5.92 Å². The third kappa shape index (κ3) is 3.07. The first-order valence-electron chi connectivity index (χ1n) is 5.91. The monoisotopic (exact) mass is 234 g/mol. The van der Waals surface area contributed by atoms with Crippen LogP contribution in [0.2, 0.25) is 0 Å². The predicted molar refractivity (Wildman–Crippen MR) is 70.9 cm³/mol. The van der Waals surface area contributed by atoms with E-state index in [-0.39, 0.29) is 5.91 Å². The summed E-state index contributed by atoms with van der Waals surface area (Å²) in [5, 5.41) is 0. The van der Waals surface area contributed by atoms with E-state index in [0.717, 1.165) is 11.1 Å². The molecule has 0 aromatic heterocycles. The van der Waals surface area contributed by atoms with Crippen molar-refractivity contribution in [2.24, 2.45) is 5.73 Å². The summed E-state index contributed by atoms with van der Waals surface area (Å²) in [7, 11) is 3.45. The van der Waals surface area contributed by atoms with E-state index in [2.05, 4.69) is 19.9 Å². The first kappa shape index (κ1) is 13.7. The molecule has 3 nitrogen and oxygen atoms in total. The number of carbonyl (C=O) groups is 1. The Morgan fingerprint density at radius 3 is 2.35 bits per heavy atom. The minimum Gasteiger partial charge on any atom is -0.347 e. The van der Waals surface area contributed by atoms with Gasteiger partial charge in [-0.25, -0.2) is 0 Å². The first-order valence-corrected chi connectivity index (χ1v) is 5.91. The van der Waals surface area contributed by atoms with Gasteiger partial charge in [-0.2, -0.15) is 0 Å². The van der Waals surface area contributed by atoms with Gasteiger partial charge in [0.1, 0.15) is 6.04 Å². The van der Waals surface area contributed by atoms with Gasteiger partial charge in [0.2, 0.25) is 5.91 Å². The molecule has 0 aliphatic carbocycles. The molecule has 1 aromatic carbocycles. The van der Waals surface area contributed by atoms with Crippen molar-refractivity contribution in [3.05, 3.63) is 34.9 Å². The molecular formula is C14H22N2O. The van der Waals surface area contributed by atoms with Crippen LogP contribution in [0.1, 0.15) is 42.5 Å². The second-order valence-electron chi connectivity index (χ2n) is 4.98. The molecule has 1 rings (SSSR count). The molecule has 0 aliphatic rings. The molecule has 0 fully saturated rings. The SMILES string of the molecule is Cc1ccc(C(C)C)cc1C(N)C(=O)N(C)C. The minimum absolute atomic E-state index is 0.0611. The maximum absolute atomic E-state index is 11.9. The van der Waals surface area contributed by atoms with E-state index in [4.69, 9.17) is 5.73 Å². The molecule has 0 heterocycles. The van der Waals surface area contributed by atoms with Crippen molar-refractivity contribution in [3.63, 3.8) is 0 Å². The largest absolute Gasteiger partial charge is 0.347 e. The lowest BCUT2D eigenvalue weighted by atomic mass is 9.94. The number of aryl methyl sites for hydroxylation is 1. The molecule has 1 amide bonds. The predicted octanol–water partition coefficient (Wildman–Crippen LogP) is 2.21. The quantitative estimate of drug-likeness (QED) is 0.871. The summed E-state index contributed by atoms with van der Waals surface area (Å²) >= 11 is 0. The zero-order valence-electron chi connectivity index (χ0n) is 11.3. The summed E-state index contributed by atoms with van der Waals surface area (Å²) in [5.41, 5.74) is 9.23. The van der Waals surface area contributed by atoms with Gasteiger partial charge in [0.25, 0.3) is 0 Å². The average molecular weight is 234 g/mol. The van der Waals surface area contributed by atoms with Crippen LogP contribution < -0.4 is 5.73 Å². The zero-order chi connectivity index (χ0) is 13.2. The molecule has 0 saturated carbocycles. The van der Waals surface area contributed by atoms with E-state index in [1.807, 2.05) is 19.1 Å². The summed E-state index contributed by atoms with van der Waals surface area (Å²) in [6.07, 6.45) is 0. The van der Waals surface area contributed by atoms with Gasteiger partial charge < -0.3 is 10.6 Å². The molecule has 94 valence electrons. The van der Waals surface area contributed by atoms with Crippen LogP contribution in [-0.2, 0) is 4.79 Å². The molecule has 0 radical (unpaired) electrons. The second-order valence-corrected chi connectivity index (χ2v) is 4.98. The summed E-state index contributed by atoms with van der Waals surface area (Å²) in [6, 6.07) is 5.61. The molecule has 17 heavy (non-hydrogen) atoms. The summed E-state index contributed by atoms with van der Waals surface area (Å²) in [4.78, 5) is 13.4. The second kappa shape index (κ2) is 5.32. The van der Waals surface area contributed by atoms with E-state index in [1.54, 1.807) is 14.1 Å².